The first-order chi connectivity index (χ1) is 11.4. The Morgan fingerprint density at radius 2 is 1.96 bits per heavy atom. The number of rotatable bonds is 4. The Hall–Kier alpha value is -3.35. The van der Waals surface area contributed by atoms with E-state index in [4.69, 9.17) is 0 Å². The zero-order chi connectivity index (χ0) is 17.4. The molecular formula is C17H14N2O5. The zero-order valence-electron chi connectivity index (χ0n) is 12.8. The SMILES string of the molecule is Cn1ccc2cc(CC(=O)c3cc(O)c(O)c([N+](=O)[O-])c3)ccc21. The van der Waals surface area contributed by atoms with Crippen molar-refractivity contribution in [3.05, 3.63) is 63.8 Å². The number of nitrogens with zero attached hydrogens (tertiary/aromatic N) is 2. The summed E-state index contributed by atoms with van der Waals surface area (Å²) in [6.45, 7) is 0. The Bertz CT molecular complexity index is 975. The predicted octanol–water partition coefficient (Wildman–Crippen LogP) is 2.92. The van der Waals surface area contributed by atoms with Gasteiger partial charge in [-0.25, -0.2) is 0 Å². The molecule has 1 aromatic heterocycles. The van der Waals surface area contributed by atoms with Gasteiger partial charge >= 0.3 is 5.69 Å². The van der Waals surface area contributed by atoms with Gasteiger partial charge in [0.15, 0.2) is 11.5 Å². The highest BCUT2D eigenvalue weighted by atomic mass is 16.6. The van der Waals surface area contributed by atoms with Crippen LogP contribution in [-0.2, 0) is 13.5 Å². The number of hydrogen-bond acceptors (Lipinski definition) is 5. The molecule has 2 N–H and O–H groups in total. The second-order valence-corrected chi connectivity index (χ2v) is 5.54. The van der Waals surface area contributed by atoms with Crippen molar-refractivity contribution >= 4 is 22.4 Å². The number of aryl methyl sites for hydroxylation is 1. The van der Waals surface area contributed by atoms with Crippen LogP contribution < -0.4 is 0 Å². The van der Waals surface area contributed by atoms with Gasteiger partial charge in [0.25, 0.3) is 0 Å². The summed E-state index contributed by atoms with van der Waals surface area (Å²) in [6.07, 6.45) is 1.95. The second-order valence-electron chi connectivity index (χ2n) is 5.54. The molecule has 0 aliphatic rings. The van der Waals surface area contributed by atoms with Gasteiger partial charge in [0.2, 0.25) is 5.75 Å². The minimum absolute atomic E-state index is 0.0230. The third kappa shape index (κ3) is 2.67. The first-order valence-corrected chi connectivity index (χ1v) is 7.14. The molecule has 0 saturated heterocycles. The highest BCUT2D eigenvalue weighted by molar-refractivity contribution is 5.99. The summed E-state index contributed by atoms with van der Waals surface area (Å²) in [5, 5.41) is 30.9. The van der Waals surface area contributed by atoms with E-state index < -0.39 is 22.1 Å². The molecule has 0 saturated carbocycles. The van der Waals surface area contributed by atoms with Crippen molar-refractivity contribution in [3.63, 3.8) is 0 Å². The molecule has 0 atom stereocenters. The van der Waals surface area contributed by atoms with Crippen LogP contribution in [0.2, 0.25) is 0 Å². The molecule has 7 nitrogen and oxygen atoms in total. The van der Waals surface area contributed by atoms with E-state index in [9.17, 15) is 25.1 Å². The lowest BCUT2D eigenvalue weighted by Crippen LogP contribution is -2.04. The molecule has 0 amide bonds. The highest BCUT2D eigenvalue weighted by Crippen LogP contribution is 2.36. The number of aromatic nitrogens is 1. The zero-order valence-corrected chi connectivity index (χ0v) is 12.8. The quantitative estimate of drug-likeness (QED) is 0.332. The monoisotopic (exact) mass is 326 g/mol. The molecule has 7 heteroatoms. The average molecular weight is 326 g/mol. The number of carbonyl (C=O) groups excluding carboxylic acids is 1. The number of hydrogen-bond donors (Lipinski definition) is 2. The van der Waals surface area contributed by atoms with E-state index in [1.165, 1.54) is 0 Å². The second kappa shape index (κ2) is 5.69. The van der Waals surface area contributed by atoms with Crippen LogP contribution in [0.15, 0.2) is 42.6 Å². The number of ketones is 1. The number of nitro benzene ring substituents is 1. The summed E-state index contributed by atoms with van der Waals surface area (Å²) in [4.78, 5) is 22.4. The van der Waals surface area contributed by atoms with Gasteiger partial charge < -0.3 is 14.8 Å². The molecule has 0 bridgehead atoms. The largest absolute Gasteiger partial charge is 0.504 e. The summed E-state index contributed by atoms with van der Waals surface area (Å²) in [7, 11) is 1.92. The van der Waals surface area contributed by atoms with Gasteiger partial charge in [-0.1, -0.05) is 6.07 Å². The summed E-state index contributed by atoms with van der Waals surface area (Å²) < 4.78 is 1.96. The van der Waals surface area contributed by atoms with Crippen LogP contribution in [0.1, 0.15) is 15.9 Å². The lowest BCUT2D eigenvalue weighted by Gasteiger charge is -2.05. The topological polar surface area (TPSA) is 106 Å². The first-order valence-electron chi connectivity index (χ1n) is 7.14. The molecule has 0 unspecified atom stereocenters. The molecule has 3 rings (SSSR count). The highest BCUT2D eigenvalue weighted by Gasteiger charge is 2.21. The molecule has 1 heterocycles. The molecular weight excluding hydrogens is 312 g/mol. The van der Waals surface area contributed by atoms with Crippen molar-refractivity contribution in [1.29, 1.82) is 0 Å². The van der Waals surface area contributed by atoms with Gasteiger partial charge in [-0.3, -0.25) is 14.9 Å². The van der Waals surface area contributed by atoms with Crippen molar-refractivity contribution in [2.24, 2.45) is 7.05 Å². The van der Waals surface area contributed by atoms with Crippen molar-refractivity contribution < 1.29 is 19.9 Å². The lowest BCUT2D eigenvalue weighted by atomic mass is 10.0. The summed E-state index contributed by atoms with van der Waals surface area (Å²) >= 11 is 0. The standard InChI is InChI=1S/C17H14N2O5/c1-18-5-4-11-6-10(2-3-13(11)18)7-15(20)12-8-14(19(23)24)17(22)16(21)9-12/h2-6,8-9,21-22H,7H2,1H3. The number of Topliss-reactive ketones (excluding diaryl/α,β-unsaturated/α-hetero) is 1. The maximum atomic E-state index is 12.4. The molecule has 122 valence electrons. The average Bonchev–Trinajstić information content (AvgIpc) is 2.90. The summed E-state index contributed by atoms with van der Waals surface area (Å²) in [5.74, 6) is -1.92. The van der Waals surface area contributed by atoms with E-state index in [-0.39, 0.29) is 17.8 Å². The number of phenols is 2. The first kappa shape index (κ1) is 15.5. The number of carbonyl (C=O) groups is 1. The Morgan fingerprint density at radius 3 is 2.67 bits per heavy atom. The van der Waals surface area contributed by atoms with Gasteiger partial charge in [-0.05, 0) is 35.2 Å². The Kier molecular flexibility index (Phi) is 3.69. The van der Waals surface area contributed by atoms with Crippen molar-refractivity contribution in [1.82, 2.24) is 4.57 Å². The van der Waals surface area contributed by atoms with Gasteiger partial charge in [-0.15, -0.1) is 0 Å². The molecule has 2 aromatic carbocycles. The third-order valence-electron chi connectivity index (χ3n) is 3.90. The van der Waals surface area contributed by atoms with E-state index >= 15 is 0 Å². The van der Waals surface area contributed by atoms with Crippen LogP contribution >= 0.6 is 0 Å². The maximum absolute atomic E-state index is 12.4. The van der Waals surface area contributed by atoms with E-state index in [0.29, 0.717) is 0 Å². The molecule has 0 spiro atoms. The van der Waals surface area contributed by atoms with Crippen LogP contribution in [-0.4, -0.2) is 25.5 Å². The maximum Gasteiger partial charge on any atom is 0.315 e. The minimum atomic E-state index is -0.845. The normalized spacial score (nSPS) is 10.9. The molecule has 3 aromatic rings. The number of phenolic OH excluding ortho intramolecular Hbond substituents is 2. The van der Waals surface area contributed by atoms with E-state index in [0.717, 1.165) is 28.6 Å². The van der Waals surface area contributed by atoms with Gasteiger partial charge in [0, 0.05) is 36.8 Å². The Labute approximate surface area is 136 Å². The van der Waals surface area contributed by atoms with Crippen LogP contribution in [0.3, 0.4) is 0 Å². The summed E-state index contributed by atoms with van der Waals surface area (Å²) in [5.41, 5.74) is 1.07. The molecule has 24 heavy (non-hydrogen) atoms. The molecule has 0 fully saturated rings. The summed E-state index contributed by atoms with van der Waals surface area (Å²) in [6, 6.07) is 9.52. The van der Waals surface area contributed by atoms with Crippen molar-refractivity contribution in [2.75, 3.05) is 0 Å². The number of nitro groups is 1. The third-order valence-corrected chi connectivity index (χ3v) is 3.90. The minimum Gasteiger partial charge on any atom is -0.504 e. The molecule has 0 radical (unpaired) electrons. The molecule has 0 aliphatic heterocycles. The van der Waals surface area contributed by atoms with Crippen LogP contribution in [0.25, 0.3) is 10.9 Å². The smallest absolute Gasteiger partial charge is 0.315 e. The van der Waals surface area contributed by atoms with E-state index in [1.54, 1.807) is 0 Å². The number of benzene rings is 2. The van der Waals surface area contributed by atoms with Crippen LogP contribution in [0.5, 0.6) is 11.5 Å². The van der Waals surface area contributed by atoms with Crippen LogP contribution in [0.4, 0.5) is 5.69 Å². The van der Waals surface area contributed by atoms with Crippen LogP contribution in [0, 0.1) is 10.1 Å². The fourth-order valence-electron chi connectivity index (χ4n) is 2.63. The number of fused-ring (bicyclic) bond motifs is 1. The van der Waals surface area contributed by atoms with E-state index in [1.807, 2.05) is 42.1 Å². The van der Waals surface area contributed by atoms with Crippen molar-refractivity contribution in [3.8, 4) is 11.5 Å². The fourth-order valence-corrected chi connectivity index (χ4v) is 2.63. The fraction of sp³-hybridized carbons (Fsp3) is 0.118. The van der Waals surface area contributed by atoms with E-state index in [2.05, 4.69) is 0 Å². The Balaban J connectivity index is 1.92. The lowest BCUT2D eigenvalue weighted by molar-refractivity contribution is -0.386. The Morgan fingerprint density at radius 1 is 1.21 bits per heavy atom. The van der Waals surface area contributed by atoms with Crippen molar-refractivity contribution in [2.45, 2.75) is 6.42 Å². The molecule has 0 aliphatic carbocycles. The predicted molar refractivity (Wildman–Crippen MR) is 87.4 cm³/mol. The van der Waals surface area contributed by atoms with Gasteiger partial charge in [-0.2, -0.15) is 0 Å². The van der Waals surface area contributed by atoms with Gasteiger partial charge in [0.05, 0.1) is 4.92 Å². The van der Waals surface area contributed by atoms with Gasteiger partial charge in [0.1, 0.15) is 0 Å². The number of aromatic hydroxyl groups is 2.